The summed E-state index contributed by atoms with van der Waals surface area (Å²) in [7, 11) is 0. The highest BCUT2D eigenvalue weighted by atomic mass is 16.3. The third-order valence-corrected chi connectivity index (χ3v) is 10.6. The number of ketones is 5. The quantitative estimate of drug-likeness (QED) is 0.157. The topological polar surface area (TPSA) is 166 Å². The van der Waals surface area contributed by atoms with Crippen LogP contribution in [0.15, 0.2) is 59.1 Å². The Labute approximate surface area is 274 Å². The molecule has 0 amide bonds. The Morgan fingerprint density at radius 1 is 0.979 bits per heavy atom. The number of benzene rings is 2. The van der Waals surface area contributed by atoms with E-state index < -0.39 is 74.7 Å². The first-order valence-electron chi connectivity index (χ1n) is 16.0. The molecular formula is C38H42O9. The Bertz CT molecular complexity index is 1810. The van der Waals surface area contributed by atoms with Gasteiger partial charge in [0.05, 0.1) is 12.0 Å². The maximum Gasteiger partial charge on any atom is 0.209 e. The fourth-order valence-electron chi connectivity index (χ4n) is 8.72. The highest BCUT2D eigenvalue weighted by Crippen LogP contribution is 2.65. The predicted molar refractivity (Wildman–Crippen MR) is 173 cm³/mol. The van der Waals surface area contributed by atoms with Gasteiger partial charge in [0.25, 0.3) is 0 Å². The number of Topliss-reactive ketones (excluding diaryl/α,β-unsaturated/α-hetero) is 5. The molecule has 0 fully saturated rings. The minimum absolute atomic E-state index is 0.00889. The van der Waals surface area contributed by atoms with Crippen molar-refractivity contribution in [1.29, 1.82) is 0 Å². The zero-order chi connectivity index (χ0) is 35.0. The first kappa shape index (κ1) is 34.0. The fraction of sp³-hybridized carbons (Fsp3) is 0.447. The van der Waals surface area contributed by atoms with Gasteiger partial charge in [-0.25, -0.2) is 0 Å². The molecule has 4 N–H and O–H groups in total. The second-order valence-electron chi connectivity index (χ2n) is 14.6. The van der Waals surface area contributed by atoms with Gasteiger partial charge in [-0.15, -0.1) is 0 Å². The average molecular weight is 643 g/mol. The van der Waals surface area contributed by atoms with E-state index in [1.54, 1.807) is 64.1 Å². The third-order valence-electron chi connectivity index (χ3n) is 10.6. The summed E-state index contributed by atoms with van der Waals surface area (Å²) in [5, 5.41) is 47.1. The number of carbonyl (C=O) groups is 5. The van der Waals surface area contributed by atoms with E-state index in [0.717, 1.165) is 6.92 Å². The normalized spacial score (nSPS) is 27.1. The zero-order valence-electron chi connectivity index (χ0n) is 27.9. The van der Waals surface area contributed by atoms with Gasteiger partial charge in [-0.1, -0.05) is 77.9 Å². The van der Waals surface area contributed by atoms with Gasteiger partial charge >= 0.3 is 0 Å². The van der Waals surface area contributed by atoms with E-state index >= 15 is 0 Å². The van der Waals surface area contributed by atoms with Crippen molar-refractivity contribution in [3.05, 3.63) is 86.9 Å². The van der Waals surface area contributed by atoms with Gasteiger partial charge < -0.3 is 20.4 Å². The molecule has 0 heterocycles. The molecule has 47 heavy (non-hydrogen) atoms. The SMILES string of the molecule is CC(=O)C1=C(O)C(C(C)C)[C@@]2(C)C[C@@]3(C)Cc4c(C(C)C)cc(CC(=O)CC(=O)c5ccccc5)c(O)c4C(=O)C3=C(O)[C@@]2(O)C1=O. The van der Waals surface area contributed by atoms with Crippen molar-refractivity contribution >= 4 is 28.9 Å². The molecule has 0 aromatic heterocycles. The molecule has 4 atom stereocenters. The average Bonchev–Trinajstić information content (AvgIpc) is 2.96. The van der Waals surface area contributed by atoms with Crippen LogP contribution in [0.3, 0.4) is 0 Å². The zero-order valence-corrected chi connectivity index (χ0v) is 27.9. The number of rotatable bonds is 8. The Hall–Kier alpha value is -4.37. The number of fused-ring (bicyclic) bond motifs is 3. The van der Waals surface area contributed by atoms with Crippen LogP contribution in [0.4, 0.5) is 0 Å². The van der Waals surface area contributed by atoms with Crippen molar-refractivity contribution in [2.24, 2.45) is 22.7 Å². The van der Waals surface area contributed by atoms with Crippen LogP contribution in [0.1, 0.15) is 105 Å². The van der Waals surface area contributed by atoms with Gasteiger partial charge in [0.2, 0.25) is 5.78 Å². The van der Waals surface area contributed by atoms with Crippen molar-refractivity contribution in [1.82, 2.24) is 0 Å². The first-order valence-corrected chi connectivity index (χ1v) is 16.0. The molecule has 0 saturated heterocycles. The van der Waals surface area contributed by atoms with Gasteiger partial charge in [0.15, 0.2) is 23.0 Å². The molecule has 0 saturated carbocycles. The van der Waals surface area contributed by atoms with E-state index in [0.29, 0.717) is 16.7 Å². The Morgan fingerprint density at radius 2 is 1.60 bits per heavy atom. The van der Waals surface area contributed by atoms with Gasteiger partial charge in [-0.05, 0) is 42.7 Å². The maximum atomic E-state index is 14.5. The molecule has 9 heteroatoms. The van der Waals surface area contributed by atoms with Crippen LogP contribution in [-0.2, 0) is 27.2 Å². The van der Waals surface area contributed by atoms with Crippen molar-refractivity contribution in [3.8, 4) is 5.75 Å². The number of aliphatic hydroxyl groups is 3. The Balaban J connectivity index is 1.67. The van der Waals surface area contributed by atoms with Crippen LogP contribution in [0, 0.1) is 22.7 Å². The smallest absolute Gasteiger partial charge is 0.209 e. The summed E-state index contributed by atoms with van der Waals surface area (Å²) < 4.78 is 0. The Kier molecular flexibility index (Phi) is 8.24. The van der Waals surface area contributed by atoms with Crippen LogP contribution in [0.25, 0.3) is 0 Å². The number of hydrogen-bond donors (Lipinski definition) is 4. The van der Waals surface area contributed by atoms with Crippen molar-refractivity contribution in [2.75, 3.05) is 0 Å². The van der Waals surface area contributed by atoms with Crippen molar-refractivity contribution in [2.45, 2.75) is 85.7 Å². The number of aliphatic hydroxyl groups excluding tert-OH is 2. The minimum atomic E-state index is -2.71. The summed E-state index contributed by atoms with van der Waals surface area (Å²) >= 11 is 0. The molecule has 2 aromatic carbocycles. The molecule has 0 spiro atoms. The lowest BCUT2D eigenvalue weighted by molar-refractivity contribution is -0.171. The molecule has 2 aromatic rings. The molecule has 248 valence electrons. The molecule has 1 unspecified atom stereocenters. The lowest BCUT2D eigenvalue weighted by Gasteiger charge is -2.59. The van der Waals surface area contributed by atoms with Crippen molar-refractivity contribution in [3.63, 3.8) is 0 Å². The van der Waals surface area contributed by atoms with Gasteiger partial charge in [0.1, 0.15) is 28.6 Å². The van der Waals surface area contributed by atoms with E-state index in [1.807, 2.05) is 13.8 Å². The number of allylic oxidation sites excluding steroid dienone is 2. The second-order valence-corrected chi connectivity index (χ2v) is 14.6. The molecule has 0 bridgehead atoms. The molecular weight excluding hydrogens is 600 g/mol. The Morgan fingerprint density at radius 3 is 2.15 bits per heavy atom. The van der Waals surface area contributed by atoms with Gasteiger partial charge in [-0.2, -0.15) is 0 Å². The minimum Gasteiger partial charge on any atom is -0.511 e. The molecule has 5 rings (SSSR count). The number of aromatic hydroxyl groups is 1. The second kappa shape index (κ2) is 11.4. The monoisotopic (exact) mass is 642 g/mol. The number of carbonyl (C=O) groups excluding carboxylic acids is 5. The summed E-state index contributed by atoms with van der Waals surface area (Å²) in [6.45, 7) is 11.8. The van der Waals surface area contributed by atoms with E-state index in [-0.39, 0.29) is 53.6 Å². The first-order chi connectivity index (χ1) is 21.8. The molecule has 3 aliphatic carbocycles. The van der Waals surface area contributed by atoms with Crippen LogP contribution >= 0.6 is 0 Å². The van der Waals surface area contributed by atoms with Crippen LogP contribution in [0.5, 0.6) is 5.75 Å². The lowest BCUT2D eigenvalue weighted by Crippen LogP contribution is -2.67. The molecule has 0 radical (unpaired) electrons. The van der Waals surface area contributed by atoms with Crippen LogP contribution < -0.4 is 0 Å². The molecule has 3 aliphatic rings. The van der Waals surface area contributed by atoms with Gasteiger partial charge in [-0.3, -0.25) is 24.0 Å². The summed E-state index contributed by atoms with van der Waals surface area (Å²) in [6.07, 6.45) is -0.594. The standard InChI is InChI=1S/C38H42O9/c1-18(2)24-14-22(13-23(40)15-26(41)21-11-9-8-10-12-21)31(42)28-25(24)16-36(6)17-37(7)29(19(3)4)32(43)27(20(5)39)34(45)38(37,47)35(46)30(36)33(28)44/h8-12,14,18-19,29,42-43,46-47H,13,15-17H2,1-7H3/t29?,36-,37-,38+/m1/s1. The predicted octanol–water partition coefficient (Wildman–Crippen LogP) is 5.85. The van der Waals surface area contributed by atoms with Crippen LogP contribution in [0.2, 0.25) is 0 Å². The summed E-state index contributed by atoms with van der Waals surface area (Å²) in [4.78, 5) is 66.8. The molecule has 0 aliphatic heterocycles. The van der Waals surface area contributed by atoms with Crippen molar-refractivity contribution < 1.29 is 44.4 Å². The number of phenolic OH excluding ortho intramolecular Hbond substituents is 1. The van der Waals surface area contributed by atoms with E-state index in [9.17, 15) is 44.4 Å². The fourth-order valence-corrected chi connectivity index (χ4v) is 8.72. The van der Waals surface area contributed by atoms with E-state index in [2.05, 4.69) is 0 Å². The maximum absolute atomic E-state index is 14.5. The van der Waals surface area contributed by atoms with E-state index in [4.69, 9.17) is 0 Å². The highest BCUT2D eigenvalue weighted by Gasteiger charge is 2.71. The summed E-state index contributed by atoms with van der Waals surface area (Å²) in [6, 6.07) is 10.1. The number of hydrogen-bond acceptors (Lipinski definition) is 9. The third kappa shape index (κ3) is 4.89. The van der Waals surface area contributed by atoms with Crippen LogP contribution in [-0.4, -0.2) is 54.9 Å². The largest absolute Gasteiger partial charge is 0.511 e. The highest BCUT2D eigenvalue weighted by molar-refractivity contribution is 6.25. The van der Waals surface area contributed by atoms with E-state index in [1.165, 1.54) is 0 Å². The lowest BCUT2D eigenvalue weighted by atomic mass is 9.44. The summed E-state index contributed by atoms with van der Waals surface area (Å²) in [5.74, 6) is -6.82. The van der Waals surface area contributed by atoms with Gasteiger partial charge in [0, 0.05) is 39.9 Å². The molecule has 9 nitrogen and oxygen atoms in total. The summed E-state index contributed by atoms with van der Waals surface area (Å²) in [5.41, 5.74) is -4.61. The number of phenols is 1.